The number of anilines is 2. The van der Waals surface area contributed by atoms with Crippen LogP contribution in [0.3, 0.4) is 0 Å². The Balaban J connectivity index is 2.24. The number of hydrogen-bond acceptors (Lipinski definition) is 3. The molecule has 0 unspecified atom stereocenters. The second kappa shape index (κ2) is 5.32. The van der Waals surface area contributed by atoms with Gasteiger partial charge in [0.05, 0.1) is 5.69 Å². The molecule has 0 bridgehead atoms. The van der Waals surface area contributed by atoms with Crippen molar-refractivity contribution in [1.82, 2.24) is 0 Å². The molecule has 0 atom stereocenters. The molecule has 0 aliphatic carbocycles. The van der Waals surface area contributed by atoms with Crippen LogP contribution in [-0.4, -0.2) is 11.0 Å². The summed E-state index contributed by atoms with van der Waals surface area (Å²) < 4.78 is 0.770. The molecule has 0 aliphatic rings. The number of aryl methyl sites for hydroxylation is 1. The van der Waals surface area contributed by atoms with Crippen molar-refractivity contribution in [2.24, 2.45) is 0 Å². The number of phenolic OH excluding ortho intramolecular Hbond substituents is 1. The number of hydrogen-bond donors (Lipinski definition) is 3. The van der Waals surface area contributed by atoms with Crippen molar-refractivity contribution in [2.45, 2.75) is 6.92 Å². The molecule has 0 aliphatic heterocycles. The Labute approximate surface area is 119 Å². The van der Waals surface area contributed by atoms with Crippen LogP contribution in [0.1, 0.15) is 15.9 Å². The molecule has 19 heavy (non-hydrogen) atoms. The number of benzene rings is 2. The number of carbonyl (C=O) groups excluding carboxylic acids is 1. The van der Waals surface area contributed by atoms with Gasteiger partial charge in [0.1, 0.15) is 5.75 Å². The predicted molar refractivity (Wildman–Crippen MR) is 79.4 cm³/mol. The van der Waals surface area contributed by atoms with E-state index in [1.165, 1.54) is 12.1 Å². The van der Waals surface area contributed by atoms with E-state index in [9.17, 15) is 9.90 Å². The van der Waals surface area contributed by atoms with E-state index >= 15 is 0 Å². The Morgan fingerprint density at radius 1 is 1.26 bits per heavy atom. The maximum Gasteiger partial charge on any atom is 0.255 e. The first-order valence-corrected chi connectivity index (χ1v) is 6.42. The van der Waals surface area contributed by atoms with Crippen LogP contribution in [0, 0.1) is 6.92 Å². The first kappa shape index (κ1) is 13.4. The van der Waals surface area contributed by atoms with E-state index in [1.807, 2.05) is 13.0 Å². The summed E-state index contributed by atoms with van der Waals surface area (Å²) in [5, 5.41) is 12.0. The summed E-state index contributed by atoms with van der Waals surface area (Å²) in [5.74, 6) is -0.138. The first-order chi connectivity index (χ1) is 8.97. The Hall–Kier alpha value is -2.01. The second-order valence-corrected chi connectivity index (χ2v) is 5.04. The van der Waals surface area contributed by atoms with E-state index < -0.39 is 0 Å². The number of carbonyl (C=O) groups is 1. The van der Waals surface area contributed by atoms with Crippen LogP contribution < -0.4 is 11.1 Å². The lowest BCUT2D eigenvalue weighted by atomic mass is 10.1. The SMILES string of the molecule is Cc1cc(Br)c(NC(=O)c2ccc(O)cc2)cc1N. The van der Waals surface area contributed by atoms with E-state index in [2.05, 4.69) is 21.2 Å². The molecule has 4 N–H and O–H groups in total. The standard InChI is InChI=1S/C14H13BrN2O2/c1-8-6-11(15)13(7-12(8)16)17-14(19)9-2-4-10(18)5-3-9/h2-7,18H,16H2,1H3,(H,17,19). The van der Waals surface area contributed by atoms with E-state index in [1.54, 1.807) is 18.2 Å². The zero-order valence-electron chi connectivity index (χ0n) is 10.3. The van der Waals surface area contributed by atoms with Gasteiger partial charge < -0.3 is 16.2 Å². The lowest BCUT2D eigenvalue weighted by molar-refractivity contribution is 0.102. The van der Waals surface area contributed by atoms with Gasteiger partial charge >= 0.3 is 0 Å². The molecule has 1 amide bonds. The fraction of sp³-hybridized carbons (Fsp3) is 0.0714. The second-order valence-electron chi connectivity index (χ2n) is 4.19. The molecule has 0 saturated carbocycles. The minimum Gasteiger partial charge on any atom is -0.508 e. The van der Waals surface area contributed by atoms with Crippen LogP contribution in [0.15, 0.2) is 40.9 Å². The van der Waals surface area contributed by atoms with Gasteiger partial charge in [-0.15, -0.1) is 0 Å². The van der Waals surface area contributed by atoms with Gasteiger partial charge in [-0.1, -0.05) is 0 Å². The number of nitrogens with two attached hydrogens (primary N) is 1. The molecule has 4 nitrogen and oxygen atoms in total. The average Bonchev–Trinajstić information content (AvgIpc) is 2.36. The maximum absolute atomic E-state index is 12.0. The molecule has 0 fully saturated rings. The lowest BCUT2D eigenvalue weighted by Crippen LogP contribution is -2.12. The van der Waals surface area contributed by atoms with Crippen LogP contribution in [0.5, 0.6) is 5.75 Å². The smallest absolute Gasteiger partial charge is 0.255 e. The molecular formula is C14H13BrN2O2. The molecule has 2 aromatic carbocycles. The molecule has 0 radical (unpaired) electrons. The fourth-order valence-electron chi connectivity index (χ4n) is 1.59. The van der Waals surface area contributed by atoms with Gasteiger partial charge in [-0.3, -0.25) is 4.79 Å². The number of phenols is 1. The van der Waals surface area contributed by atoms with Crippen LogP contribution in [0.4, 0.5) is 11.4 Å². The van der Waals surface area contributed by atoms with Crippen molar-refractivity contribution in [2.75, 3.05) is 11.1 Å². The average molecular weight is 321 g/mol. The summed E-state index contributed by atoms with van der Waals surface area (Å²) in [6, 6.07) is 9.59. The van der Waals surface area contributed by atoms with Gasteiger partial charge in [0.25, 0.3) is 5.91 Å². The highest BCUT2D eigenvalue weighted by molar-refractivity contribution is 9.10. The van der Waals surface area contributed by atoms with E-state index in [-0.39, 0.29) is 11.7 Å². The van der Waals surface area contributed by atoms with Crippen LogP contribution >= 0.6 is 15.9 Å². The zero-order valence-corrected chi connectivity index (χ0v) is 11.9. The normalized spacial score (nSPS) is 10.2. The van der Waals surface area contributed by atoms with Crippen molar-refractivity contribution in [1.29, 1.82) is 0 Å². The van der Waals surface area contributed by atoms with Crippen molar-refractivity contribution in [3.05, 3.63) is 52.0 Å². The molecule has 0 spiro atoms. The van der Waals surface area contributed by atoms with E-state index in [0.29, 0.717) is 16.9 Å². The Bertz CT molecular complexity index is 624. The number of nitrogens with one attached hydrogen (secondary N) is 1. The number of nitrogen functional groups attached to an aromatic ring is 1. The molecule has 0 heterocycles. The molecule has 5 heteroatoms. The first-order valence-electron chi connectivity index (χ1n) is 5.63. The largest absolute Gasteiger partial charge is 0.508 e. The minimum absolute atomic E-state index is 0.123. The highest BCUT2D eigenvalue weighted by atomic mass is 79.9. The quantitative estimate of drug-likeness (QED) is 0.743. The van der Waals surface area contributed by atoms with Crippen LogP contribution in [0.2, 0.25) is 0 Å². The molecule has 2 aromatic rings. The highest BCUT2D eigenvalue weighted by Crippen LogP contribution is 2.28. The van der Waals surface area contributed by atoms with Gasteiger partial charge in [-0.2, -0.15) is 0 Å². The topological polar surface area (TPSA) is 75.3 Å². The zero-order chi connectivity index (χ0) is 14.0. The molecule has 2 rings (SSSR count). The summed E-state index contributed by atoms with van der Waals surface area (Å²) in [6.45, 7) is 1.89. The Morgan fingerprint density at radius 3 is 2.53 bits per heavy atom. The summed E-state index contributed by atoms with van der Waals surface area (Å²) in [6.07, 6.45) is 0. The molecular weight excluding hydrogens is 308 g/mol. The van der Waals surface area contributed by atoms with Gasteiger partial charge in [0.2, 0.25) is 0 Å². The van der Waals surface area contributed by atoms with E-state index in [0.717, 1.165) is 10.0 Å². The third kappa shape index (κ3) is 3.06. The maximum atomic E-state index is 12.0. The minimum atomic E-state index is -0.260. The van der Waals surface area contributed by atoms with Crippen LogP contribution in [0.25, 0.3) is 0 Å². The molecule has 0 aromatic heterocycles. The van der Waals surface area contributed by atoms with E-state index in [4.69, 9.17) is 5.73 Å². The number of aromatic hydroxyl groups is 1. The third-order valence-electron chi connectivity index (χ3n) is 2.73. The third-order valence-corrected chi connectivity index (χ3v) is 3.39. The predicted octanol–water partition coefficient (Wildman–Crippen LogP) is 3.30. The summed E-state index contributed by atoms with van der Waals surface area (Å²) >= 11 is 3.38. The highest BCUT2D eigenvalue weighted by Gasteiger charge is 2.09. The number of halogens is 1. The molecule has 0 saturated heterocycles. The fourth-order valence-corrected chi connectivity index (χ4v) is 2.15. The molecule has 98 valence electrons. The van der Waals surface area contributed by atoms with Gasteiger partial charge in [0, 0.05) is 15.7 Å². The summed E-state index contributed by atoms with van der Waals surface area (Å²) in [4.78, 5) is 12.0. The van der Waals surface area contributed by atoms with Gasteiger partial charge in [0.15, 0.2) is 0 Å². The van der Waals surface area contributed by atoms with Gasteiger partial charge in [-0.25, -0.2) is 0 Å². The number of rotatable bonds is 2. The Kier molecular flexibility index (Phi) is 3.76. The van der Waals surface area contributed by atoms with Crippen molar-refractivity contribution in [3.63, 3.8) is 0 Å². The van der Waals surface area contributed by atoms with Crippen LogP contribution in [-0.2, 0) is 0 Å². The van der Waals surface area contributed by atoms with Crippen molar-refractivity contribution in [3.8, 4) is 5.75 Å². The summed E-state index contributed by atoms with van der Waals surface area (Å²) in [7, 11) is 0. The van der Waals surface area contributed by atoms with Gasteiger partial charge in [-0.05, 0) is 64.8 Å². The van der Waals surface area contributed by atoms with Crippen molar-refractivity contribution < 1.29 is 9.90 Å². The summed E-state index contributed by atoms with van der Waals surface area (Å²) in [5.41, 5.74) is 8.45. The Morgan fingerprint density at radius 2 is 1.89 bits per heavy atom. The monoisotopic (exact) mass is 320 g/mol. The van der Waals surface area contributed by atoms with Crippen molar-refractivity contribution >= 4 is 33.2 Å². The lowest BCUT2D eigenvalue weighted by Gasteiger charge is -2.10. The number of amides is 1.